The Labute approximate surface area is 191 Å². The third kappa shape index (κ3) is 4.05. The van der Waals surface area contributed by atoms with E-state index in [1.807, 2.05) is 12.1 Å². The Hall–Kier alpha value is -1.99. The number of fused-ring (bicyclic) bond motifs is 1. The number of benzene rings is 1. The van der Waals surface area contributed by atoms with Gasteiger partial charge >= 0.3 is 0 Å². The molecule has 1 aromatic carbocycles. The lowest BCUT2D eigenvalue weighted by molar-refractivity contribution is -0.125. The number of amides is 1. The molecular weight excluding hydrogens is 422 g/mol. The fraction of sp³-hybridized carbons (Fsp3) is 0.600. The Bertz CT molecular complexity index is 1080. The zero-order valence-corrected chi connectivity index (χ0v) is 19.7. The van der Waals surface area contributed by atoms with Gasteiger partial charge < -0.3 is 5.32 Å². The van der Waals surface area contributed by atoms with Crippen molar-refractivity contribution in [2.75, 3.05) is 18.8 Å². The molecule has 2 heterocycles. The van der Waals surface area contributed by atoms with Crippen molar-refractivity contribution in [2.24, 2.45) is 10.9 Å². The number of hydrogen-bond donors (Lipinski definition) is 1. The molecule has 0 unspecified atom stereocenters. The van der Waals surface area contributed by atoms with E-state index in [0.29, 0.717) is 38.3 Å². The number of sulfonamides is 1. The lowest BCUT2D eigenvalue weighted by Crippen LogP contribution is -2.51. The number of carbonyl (C=O) groups excluding carboxylic acids is 1. The first-order chi connectivity index (χ1) is 15.4. The van der Waals surface area contributed by atoms with E-state index < -0.39 is 15.6 Å². The first-order valence-corrected chi connectivity index (χ1v) is 13.6. The lowest BCUT2D eigenvalue weighted by atomic mass is 9.88. The van der Waals surface area contributed by atoms with Crippen molar-refractivity contribution in [1.82, 2.24) is 9.62 Å². The van der Waals surface area contributed by atoms with Crippen molar-refractivity contribution in [2.45, 2.75) is 70.3 Å². The Morgan fingerprint density at radius 1 is 1.16 bits per heavy atom. The van der Waals surface area contributed by atoms with Crippen LogP contribution in [-0.4, -0.2) is 48.8 Å². The number of hydrogen-bond acceptors (Lipinski definition) is 4. The van der Waals surface area contributed by atoms with Gasteiger partial charge in [0.05, 0.1) is 5.75 Å². The summed E-state index contributed by atoms with van der Waals surface area (Å²) in [6.45, 7) is 2.84. The van der Waals surface area contributed by atoms with Gasteiger partial charge in [0.1, 0.15) is 11.4 Å². The number of nitrogens with zero attached hydrogens (tertiary/aromatic N) is 2. The number of piperidine rings is 1. The first-order valence-electron chi connectivity index (χ1n) is 12.0. The summed E-state index contributed by atoms with van der Waals surface area (Å²) in [4.78, 5) is 17.7. The number of aryl methyl sites for hydroxylation is 1. The van der Waals surface area contributed by atoms with Gasteiger partial charge in [-0.05, 0) is 62.1 Å². The van der Waals surface area contributed by atoms with Gasteiger partial charge in [0.25, 0.3) is 5.91 Å². The molecule has 2 aliphatic heterocycles. The standard InChI is InChI=1S/C25H33N3O3S/c1-18-16-21-9-5-8-19(22(21)17-18)10-15-32(30,31)28-13-11-25(12-14-28)24(29)26-23(27-25)20-6-3-2-4-7-20/h5,8-9,17,20H,2-4,6-7,10-16H2,1H3,(H,26,27,29). The highest BCUT2D eigenvalue weighted by atomic mass is 32.2. The molecule has 1 aromatic rings. The molecule has 172 valence electrons. The highest BCUT2D eigenvalue weighted by molar-refractivity contribution is 7.89. The van der Waals surface area contributed by atoms with Crippen LogP contribution in [0, 0.1) is 5.92 Å². The normalized spacial score (nSPS) is 23.7. The van der Waals surface area contributed by atoms with E-state index >= 15 is 0 Å². The van der Waals surface area contributed by atoms with Gasteiger partial charge in [-0.25, -0.2) is 12.7 Å². The van der Waals surface area contributed by atoms with Gasteiger partial charge in [-0.1, -0.05) is 49.1 Å². The fourth-order valence-corrected chi connectivity index (χ4v) is 7.25. The molecule has 1 saturated carbocycles. The average molecular weight is 456 g/mol. The molecule has 1 saturated heterocycles. The largest absolute Gasteiger partial charge is 0.312 e. The highest BCUT2D eigenvalue weighted by Crippen LogP contribution is 2.35. The summed E-state index contributed by atoms with van der Waals surface area (Å²) in [6.07, 6.45) is 10.4. The summed E-state index contributed by atoms with van der Waals surface area (Å²) >= 11 is 0. The monoisotopic (exact) mass is 455 g/mol. The number of allylic oxidation sites excluding steroid dienone is 1. The Balaban J connectivity index is 1.23. The summed E-state index contributed by atoms with van der Waals surface area (Å²) in [7, 11) is -3.38. The van der Waals surface area contributed by atoms with Crippen LogP contribution in [0.5, 0.6) is 0 Å². The van der Waals surface area contributed by atoms with Crippen LogP contribution in [0.25, 0.3) is 6.08 Å². The zero-order valence-electron chi connectivity index (χ0n) is 18.9. The number of aliphatic imine (C=N–C) groups is 1. The molecule has 2 aliphatic carbocycles. The fourth-order valence-electron chi connectivity index (χ4n) is 5.77. The van der Waals surface area contributed by atoms with E-state index in [4.69, 9.17) is 4.99 Å². The maximum Gasteiger partial charge on any atom is 0.253 e. The van der Waals surface area contributed by atoms with E-state index in [0.717, 1.165) is 30.7 Å². The van der Waals surface area contributed by atoms with E-state index in [-0.39, 0.29) is 11.7 Å². The predicted octanol–water partition coefficient (Wildman–Crippen LogP) is 3.46. The van der Waals surface area contributed by atoms with Crippen molar-refractivity contribution in [3.63, 3.8) is 0 Å². The minimum atomic E-state index is -3.38. The maximum absolute atomic E-state index is 13.1. The number of amidine groups is 1. The van der Waals surface area contributed by atoms with Crippen LogP contribution >= 0.6 is 0 Å². The van der Waals surface area contributed by atoms with Gasteiger partial charge in [-0.15, -0.1) is 0 Å². The topological polar surface area (TPSA) is 78.8 Å². The first kappa shape index (κ1) is 21.8. The van der Waals surface area contributed by atoms with Gasteiger partial charge in [-0.2, -0.15) is 0 Å². The van der Waals surface area contributed by atoms with E-state index in [9.17, 15) is 13.2 Å². The lowest BCUT2D eigenvalue weighted by Gasteiger charge is -2.34. The minimum absolute atomic E-state index is 0.0304. The van der Waals surface area contributed by atoms with Crippen LogP contribution in [-0.2, 0) is 27.7 Å². The molecule has 6 nitrogen and oxygen atoms in total. The van der Waals surface area contributed by atoms with Gasteiger partial charge in [-0.3, -0.25) is 9.79 Å². The highest BCUT2D eigenvalue weighted by Gasteiger charge is 2.48. The number of rotatable bonds is 5. The average Bonchev–Trinajstić information content (AvgIpc) is 3.33. The van der Waals surface area contributed by atoms with Crippen molar-refractivity contribution < 1.29 is 13.2 Å². The third-order valence-electron chi connectivity index (χ3n) is 7.71. The summed E-state index contributed by atoms with van der Waals surface area (Å²) in [5, 5.41) is 3.05. The second kappa shape index (κ2) is 8.41. The van der Waals surface area contributed by atoms with Crippen LogP contribution in [0.4, 0.5) is 0 Å². The molecule has 1 amide bonds. The SMILES string of the molecule is CC1=Cc2c(CCS(=O)(=O)N3CCC4(CC3)N=C(C3CCCCC3)NC4=O)cccc2C1. The van der Waals surface area contributed by atoms with Gasteiger partial charge in [0.15, 0.2) is 0 Å². The van der Waals surface area contributed by atoms with Gasteiger partial charge in [0, 0.05) is 19.0 Å². The molecule has 0 atom stereocenters. The van der Waals surface area contributed by atoms with Crippen molar-refractivity contribution in [3.8, 4) is 0 Å². The number of nitrogens with one attached hydrogen (secondary N) is 1. The minimum Gasteiger partial charge on any atom is -0.312 e. The molecular formula is C25H33N3O3S. The summed E-state index contributed by atoms with van der Waals surface area (Å²) < 4.78 is 27.8. The van der Waals surface area contributed by atoms with Crippen LogP contribution in [0.1, 0.15) is 68.6 Å². The van der Waals surface area contributed by atoms with E-state index in [2.05, 4.69) is 24.4 Å². The molecule has 0 bridgehead atoms. The third-order valence-corrected chi connectivity index (χ3v) is 9.58. The smallest absolute Gasteiger partial charge is 0.253 e. The predicted molar refractivity (Wildman–Crippen MR) is 127 cm³/mol. The van der Waals surface area contributed by atoms with E-state index in [1.54, 1.807) is 4.31 Å². The Morgan fingerprint density at radius 3 is 2.66 bits per heavy atom. The molecule has 2 fully saturated rings. The molecule has 0 aromatic heterocycles. The molecule has 4 aliphatic rings. The Morgan fingerprint density at radius 2 is 1.91 bits per heavy atom. The van der Waals surface area contributed by atoms with Crippen LogP contribution < -0.4 is 5.32 Å². The summed E-state index contributed by atoms with van der Waals surface area (Å²) in [5.74, 6) is 1.29. The second-order valence-corrected chi connectivity index (χ2v) is 12.0. The molecule has 7 heteroatoms. The molecule has 32 heavy (non-hydrogen) atoms. The molecule has 5 rings (SSSR count). The molecule has 1 spiro atoms. The van der Waals surface area contributed by atoms with Crippen LogP contribution in [0.15, 0.2) is 28.8 Å². The quantitative estimate of drug-likeness (QED) is 0.738. The summed E-state index contributed by atoms with van der Waals surface area (Å²) in [6, 6.07) is 6.19. The summed E-state index contributed by atoms with van der Waals surface area (Å²) in [5.41, 5.74) is 4.15. The Kier molecular flexibility index (Phi) is 5.74. The van der Waals surface area contributed by atoms with Crippen LogP contribution in [0.2, 0.25) is 0 Å². The van der Waals surface area contributed by atoms with Crippen molar-refractivity contribution in [1.29, 1.82) is 0 Å². The van der Waals surface area contributed by atoms with Gasteiger partial charge in [0.2, 0.25) is 10.0 Å². The van der Waals surface area contributed by atoms with Crippen molar-refractivity contribution >= 4 is 27.8 Å². The van der Waals surface area contributed by atoms with E-state index in [1.165, 1.54) is 36.0 Å². The number of carbonyl (C=O) groups is 1. The van der Waals surface area contributed by atoms with Crippen LogP contribution in [0.3, 0.4) is 0 Å². The second-order valence-electron chi connectivity index (χ2n) is 9.94. The molecule has 1 N–H and O–H groups in total. The molecule has 0 radical (unpaired) electrons. The zero-order chi connectivity index (χ0) is 22.3. The van der Waals surface area contributed by atoms with Crippen molar-refractivity contribution in [3.05, 3.63) is 40.5 Å². The maximum atomic E-state index is 13.1.